The van der Waals surface area contributed by atoms with Gasteiger partial charge in [-0.05, 0) is 32.9 Å². The molecular weight excluding hydrogens is 289 g/mol. The summed E-state index contributed by atoms with van der Waals surface area (Å²) in [6.07, 6.45) is -0.711. The van der Waals surface area contributed by atoms with Crippen LogP contribution in [0.2, 0.25) is 10.0 Å². The molecule has 0 amide bonds. The van der Waals surface area contributed by atoms with E-state index in [9.17, 15) is 5.11 Å². The van der Waals surface area contributed by atoms with E-state index >= 15 is 0 Å². The minimum absolute atomic E-state index is 0.0978. The highest BCUT2D eigenvalue weighted by Crippen LogP contribution is 2.27. The Morgan fingerprint density at radius 2 is 2.00 bits per heavy atom. The minimum Gasteiger partial charge on any atom is -0.489 e. The normalized spacial score (nSPS) is 13.4. The van der Waals surface area contributed by atoms with Crippen LogP contribution in [0, 0.1) is 0 Å². The molecule has 0 saturated carbocycles. The fourth-order valence-electron chi connectivity index (χ4n) is 1.19. The molecule has 0 aliphatic rings. The van der Waals surface area contributed by atoms with Crippen molar-refractivity contribution in [2.75, 3.05) is 13.2 Å². The molecule has 0 spiro atoms. The highest BCUT2D eigenvalue weighted by Gasteiger charge is 2.12. The number of hydrogen-bond donors (Lipinski definition) is 2. The van der Waals surface area contributed by atoms with Crippen molar-refractivity contribution in [2.24, 2.45) is 0 Å². The van der Waals surface area contributed by atoms with Gasteiger partial charge in [0, 0.05) is 11.1 Å². The first kappa shape index (κ1) is 16.5. The van der Waals surface area contributed by atoms with E-state index < -0.39 is 6.10 Å². The molecule has 1 rings (SSSR count). The van der Waals surface area contributed by atoms with E-state index in [1.165, 1.54) is 0 Å². The van der Waals surface area contributed by atoms with Crippen molar-refractivity contribution in [3.05, 3.63) is 28.2 Å². The second-order valence-corrected chi connectivity index (χ2v) is 5.95. The standard InChI is InChI=1S/C13H19Cl2NO3/c1-13(2,3)19-16-7-10(17)8-18-12-6-9(14)4-5-11(12)15/h4-6,10,16-17H,7-8H2,1-3H3. The summed E-state index contributed by atoms with van der Waals surface area (Å²) in [5, 5.41) is 10.7. The lowest BCUT2D eigenvalue weighted by atomic mass is 10.2. The molecule has 0 fully saturated rings. The van der Waals surface area contributed by atoms with E-state index in [4.69, 9.17) is 32.8 Å². The quantitative estimate of drug-likeness (QED) is 0.793. The summed E-state index contributed by atoms with van der Waals surface area (Å²) in [6.45, 7) is 6.09. The van der Waals surface area contributed by atoms with Gasteiger partial charge in [0.15, 0.2) is 0 Å². The van der Waals surface area contributed by atoms with E-state index in [1.807, 2.05) is 20.8 Å². The van der Waals surface area contributed by atoms with Gasteiger partial charge in [-0.1, -0.05) is 23.2 Å². The van der Waals surface area contributed by atoms with Crippen LogP contribution in [-0.4, -0.2) is 30.0 Å². The monoisotopic (exact) mass is 307 g/mol. The van der Waals surface area contributed by atoms with Crippen LogP contribution in [0.25, 0.3) is 0 Å². The number of rotatable bonds is 6. The number of nitrogens with one attached hydrogen (secondary N) is 1. The fourth-order valence-corrected chi connectivity index (χ4v) is 1.52. The first-order valence-corrected chi connectivity index (χ1v) is 6.70. The molecule has 0 bridgehead atoms. The number of ether oxygens (including phenoxy) is 1. The third-order valence-corrected chi connectivity index (χ3v) is 2.57. The molecule has 1 aromatic rings. The number of aliphatic hydroxyl groups excluding tert-OH is 1. The lowest BCUT2D eigenvalue weighted by molar-refractivity contribution is -0.0857. The first-order valence-electron chi connectivity index (χ1n) is 5.95. The molecule has 2 N–H and O–H groups in total. The maximum absolute atomic E-state index is 9.72. The molecule has 0 heterocycles. The summed E-state index contributed by atoms with van der Waals surface area (Å²) in [6, 6.07) is 4.92. The SMILES string of the molecule is CC(C)(C)ONCC(O)COc1cc(Cl)ccc1Cl. The third kappa shape index (κ3) is 6.99. The molecule has 1 aromatic carbocycles. The van der Waals surface area contributed by atoms with Gasteiger partial charge in [-0.2, -0.15) is 5.48 Å². The molecule has 0 saturated heterocycles. The van der Waals surface area contributed by atoms with Crippen molar-refractivity contribution >= 4 is 23.2 Å². The van der Waals surface area contributed by atoms with Gasteiger partial charge in [0.2, 0.25) is 0 Å². The number of aliphatic hydroxyl groups is 1. The summed E-state index contributed by atoms with van der Waals surface area (Å²) >= 11 is 11.8. The lowest BCUT2D eigenvalue weighted by Crippen LogP contribution is -2.36. The Morgan fingerprint density at radius 1 is 1.32 bits per heavy atom. The summed E-state index contributed by atoms with van der Waals surface area (Å²) < 4.78 is 5.40. The molecule has 4 nitrogen and oxygen atoms in total. The van der Waals surface area contributed by atoms with Gasteiger partial charge in [-0.15, -0.1) is 0 Å². The Bertz CT molecular complexity index is 407. The lowest BCUT2D eigenvalue weighted by Gasteiger charge is -2.21. The van der Waals surface area contributed by atoms with Crippen molar-refractivity contribution < 1.29 is 14.7 Å². The number of hydroxylamine groups is 1. The van der Waals surface area contributed by atoms with Gasteiger partial charge in [0.25, 0.3) is 0 Å². The third-order valence-electron chi connectivity index (χ3n) is 2.02. The van der Waals surface area contributed by atoms with Crippen LogP contribution < -0.4 is 10.2 Å². The highest BCUT2D eigenvalue weighted by molar-refractivity contribution is 6.34. The topological polar surface area (TPSA) is 50.7 Å². The molecule has 0 aromatic heterocycles. The van der Waals surface area contributed by atoms with Crippen molar-refractivity contribution in [1.82, 2.24) is 5.48 Å². The minimum atomic E-state index is -0.711. The zero-order valence-electron chi connectivity index (χ0n) is 11.2. The van der Waals surface area contributed by atoms with Crippen LogP contribution in [0.1, 0.15) is 20.8 Å². The summed E-state index contributed by atoms with van der Waals surface area (Å²) in [7, 11) is 0. The maximum atomic E-state index is 9.72. The summed E-state index contributed by atoms with van der Waals surface area (Å²) in [5.74, 6) is 0.449. The smallest absolute Gasteiger partial charge is 0.139 e. The zero-order chi connectivity index (χ0) is 14.5. The molecule has 19 heavy (non-hydrogen) atoms. The van der Waals surface area contributed by atoms with Gasteiger partial charge < -0.3 is 9.84 Å². The van der Waals surface area contributed by atoms with Gasteiger partial charge in [0.1, 0.15) is 18.5 Å². The largest absolute Gasteiger partial charge is 0.489 e. The summed E-state index contributed by atoms with van der Waals surface area (Å²) in [4.78, 5) is 5.28. The van der Waals surface area contributed by atoms with Gasteiger partial charge in [0.05, 0.1) is 17.2 Å². The van der Waals surface area contributed by atoms with Crippen molar-refractivity contribution in [2.45, 2.75) is 32.5 Å². The van der Waals surface area contributed by atoms with Crippen LogP contribution in [0.3, 0.4) is 0 Å². The zero-order valence-corrected chi connectivity index (χ0v) is 12.8. The Balaban J connectivity index is 2.34. The van der Waals surface area contributed by atoms with E-state index in [-0.39, 0.29) is 18.8 Å². The maximum Gasteiger partial charge on any atom is 0.139 e. The summed E-state index contributed by atoms with van der Waals surface area (Å²) in [5.41, 5.74) is 2.39. The van der Waals surface area contributed by atoms with Crippen molar-refractivity contribution in [1.29, 1.82) is 0 Å². The predicted molar refractivity (Wildman–Crippen MR) is 76.8 cm³/mol. The van der Waals surface area contributed by atoms with Crippen LogP contribution in [0.4, 0.5) is 0 Å². The fraction of sp³-hybridized carbons (Fsp3) is 0.538. The van der Waals surface area contributed by atoms with E-state index in [0.717, 1.165) is 0 Å². The molecule has 0 aliphatic carbocycles. The van der Waals surface area contributed by atoms with Gasteiger partial charge in [-0.25, -0.2) is 0 Å². The average Bonchev–Trinajstić information content (AvgIpc) is 2.28. The van der Waals surface area contributed by atoms with E-state index in [1.54, 1.807) is 18.2 Å². The van der Waals surface area contributed by atoms with Crippen molar-refractivity contribution in [3.8, 4) is 5.75 Å². The molecule has 6 heteroatoms. The van der Waals surface area contributed by atoms with Crippen LogP contribution in [0.15, 0.2) is 18.2 Å². The second kappa shape index (κ2) is 7.31. The first-order chi connectivity index (χ1) is 8.78. The Hall–Kier alpha value is -0.520. The number of benzene rings is 1. The molecular formula is C13H19Cl2NO3. The Labute approximate surface area is 123 Å². The van der Waals surface area contributed by atoms with Gasteiger partial charge in [-0.3, -0.25) is 4.84 Å². The van der Waals surface area contributed by atoms with Crippen LogP contribution in [0.5, 0.6) is 5.75 Å². The molecule has 1 unspecified atom stereocenters. The van der Waals surface area contributed by atoms with Crippen molar-refractivity contribution in [3.63, 3.8) is 0 Å². The molecule has 0 aliphatic heterocycles. The predicted octanol–water partition coefficient (Wildman–Crippen LogP) is 3.05. The van der Waals surface area contributed by atoms with Crippen LogP contribution in [-0.2, 0) is 4.84 Å². The Kier molecular flexibility index (Phi) is 6.36. The highest BCUT2D eigenvalue weighted by atomic mass is 35.5. The Morgan fingerprint density at radius 3 is 2.63 bits per heavy atom. The number of halogens is 2. The molecule has 0 radical (unpaired) electrons. The van der Waals surface area contributed by atoms with E-state index in [2.05, 4.69) is 5.48 Å². The van der Waals surface area contributed by atoms with Gasteiger partial charge >= 0.3 is 0 Å². The van der Waals surface area contributed by atoms with Crippen LogP contribution >= 0.6 is 23.2 Å². The number of hydrogen-bond acceptors (Lipinski definition) is 4. The molecule has 108 valence electrons. The average molecular weight is 308 g/mol. The van der Waals surface area contributed by atoms with E-state index in [0.29, 0.717) is 15.8 Å². The second-order valence-electron chi connectivity index (χ2n) is 5.10. The molecule has 1 atom stereocenters.